The monoisotopic (exact) mass is 317 g/mol. The zero-order valence-corrected chi connectivity index (χ0v) is 15.0. The molecule has 1 amide bonds. The molecule has 0 bridgehead atoms. The number of carbonyl (C=O) groups is 1. The maximum absolute atomic E-state index is 12.3. The van der Waals surface area contributed by atoms with E-state index in [0.717, 1.165) is 25.3 Å². The van der Waals surface area contributed by atoms with Crippen LogP contribution in [0.4, 0.5) is 11.4 Å². The molecule has 1 aromatic carbocycles. The van der Waals surface area contributed by atoms with Crippen LogP contribution in [0.25, 0.3) is 0 Å². The van der Waals surface area contributed by atoms with Crippen LogP contribution in [-0.4, -0.2) is 43.0 Å². The average molecular weight is 317 g/mol. The van der Waals surface area contributed by atoms with Crippen LogP contribution in [0.1, 0.15) is 40.5 Å². The van der Waals surface area contributed by atoms with Crippen molar-refractivity contribution in [1.82, 2.24) is 4.90 Å². The lowest BCUT2D eigenvalue weighted by Crippen LogP contribution is -2.40. The lowest BCUT2D eigenvalue weighted by Gasteiger charge is -2.27. The number of hydrogen-bond acceptors (Lipinski definition) is 3. The molecule has 0 unspecified atom stereocenters. The second-order valence-electron chi connectivity index (χ2n) is 7.21. The van der Waals surface area contributed by atoms with Crippen LogP contribution in [0.5, 0.6) is 0 Å². The van der Waals surface area contributed by atoms with E-state index in [4.69, 9.17) is 0 Å². The van der Waals surface area contributed by atoms with Crippen molar-refractivity contribution in [3.05, 3.63) is 24.3 Å². The molecule has 1 fully saturated rings. The number of anilines is 2. The van der Waals surface area contributed by atoms with E-state index in [1.54, 1.807) is 0 Å². The molecule has 23 heavy (non-hydrogen) atoms. The maximum atomic E-state index is 12.3. The molecular weight excluding hydrogens is 286 g/mol. The van der Waals surface area contributed by atoms with Gasteiger partial charge in [-0.15, -0.1) is 0 Å². The number of benzene rings is 1. The highest BCUT2D eigenvalue weighted by atomic mass is 16.2. The standard InChI is InChI=1S/C19H31N3O/c1-15(2)13-22(16(3)4)14-19(23)20-17-7-9-18(10-8-17)21-11-5-6-12-21/h7-10,15-16H,5-6,11-14H2,1-4H3,(H,20,23). The summed E-state index contributed by atoms with van der Waals surface area (Å²) in [6.45, 7) is 12.3. The summed E-state index contributed by atoms with van der Waals surface area (Å²) in [5.41, 5.74) is 2.13. The number of carbonyl (C=O) groups excluding carboxylic acids is 1. The second-order valence-corrected chi connectivity index (χ2v) is 7.21. The van der Waals surface area contributed by atoms with Crippen molar-refractivity contribution in [2.45, 2.75) is 46.6 Å². The van der Waals surface area contributed by atoms with Crippen LogP contribution in [0.2, 0.25) is 0 Å². The lowest BCUT2D eigenvalue weighted by atomic mass is 10.2. The van der Waals surface area contributed by atoms with E-state index in [2.05, 4.69) is 54.9 Å². The first-order chi connectivity index (χ1) is 11.0. The van der Waals surface area contributed by atoms with Gasteiger partial charge in [0.1, 0.15) is 0 Å². The van der Waals surface area contributed by atoms with E-state index in [9.17, 15) is 4.79 Å². The van der Waals surface area contributed by atoms with Gasteiger partial charge < -0.3 is 10.2 Å². The Labute approximate surface area is 140 Å². The Balaban J connectivity index is 1.88. The zero-order chi connectivity index (χ0) is 16.8. The summed E-state index contributed by atoms with van der Waals surface area (Å²) in [6.07, 6.45) is 2.55. The Morgan fingerprint density at radius 3 is 2.26 bits per heavy atom. The minimum absolute atomic E-state index is 0.0632. The van der Waals surface area contributed by atoms with Crippen LogP contribution < -0.4 is 10.2 Å². The first-order valence-electron chi connectivity index (χ1n) is 8.84. The number of nitrogens with zero attached hydrogens (tertiary/aromatic N) is 2. The van der Waals surface area contributed by atoms with Gasteiger partial charge in [0.15, 0.2) is 0 Å². The Kier molecular flexibility index (Phi) is 6.46. The molecule has 1 aliphatic rings. The van der Waals surface area contributed by atoms with E-state index < -0.39 is 0 Å². The van der Waals surface area contributed by atoms with Crippen molar-refractivity contribution in [1.29, 1.82) is 0 Å². The molecule has 1 saturated heterocycles. The van der Waals surface area contributed by atoms with Gasteiger partial charge in [-0.25, -0.2) is 0 Å². The molecule has 0 aromatic heterocycles. The molecule has 0 atom stereocenters. The van der Waals surface area contributed by atoms with E-state index >= 15 is 0 Å². The average Bonchev–Trinajstić information content (AvgIpc) is 3.01. The second kappa shape index (κ2) is 8.34. The summed E-state index contributed by atoms with van der Waals surface area (Å²) in [6, 6.07) is 8.60. The maximum Gasteiger partial charge on any atom is 0.238 e. The largest absolute Gasteiger partial charge is 0.372 e. The highest BCUT2D eigenvalue weighted by Crippen LogP contribution is 2.22. The summed E-state index contributed by atoms with van der Waals surface area (Å²) >= 11 is 0. The van der Waals surface area contributed by atoms with Crippen molar-refractivity contribution in [2.24, 2.45) is 5.92 Å². The Morgan fingerprint density at radius 1 is 1.13 bits per heavy atom. The Morgan fingerprint density at radius 2 is 1.74 bits per heavy atom. The number of amides is 1. The molecule has 4 nitrogen and oxygen atoms in total. The van der Waals surface area contributed by atoms with Crippen molar-refractivity contribution in [2.75, 3.05) is 36.4 Å². The summed E-state index contributed by atoms with van der Waals surface area (Å²) in [7, 11) is 0. The molecule has 0 spiro atoms. The quantitative estimate of drug-likeness (QED) is 0.835. The Bertz CT molecular complexity index is 490. The molecule has 4 heteroatoms. The highest BCUT2D eigenvalue weighted by molar-refractivity contribution is 5.92. The normalized spacial score (nSPS) is 15.0. The van der Waals surface area contributed by atoms with Gasteiger partial charge in [0.05, 0.1) is 6.54 Å². The molecule has 0 saturated carbocycles. The fraction of sp³-hybridized carbons (Fsp3) is 0.632. The van der Waals surface area contributed by atoms with Gasteiger partial charge in [0, 0.05) is 37.1 Å². The molecular formula is C19H31N3O. The smallest absolute Gasteiger partial charge is 0.238 e. The van der Waals surface area contributed by atoms with Gasteiger partial charge in [-0.3, -0.25) is 9.69 Å². The van der Waals surface area contributed by atoms with Crippen LogP contribution in [0.15, 0.2) is 24.3 Å². The molecule has 1 heterocycles. The van der Waals surface area contributed by atoms with E-state index in [-0.39, 0.29) is 5.91 Å². The summed E-state index contributed by atoms with van der Waals surface area (Å²) in [5.74, 6) is 0.623. The first-order valence-corrected chi connectivity index (χ1v) is 8.84. The molecule has 128 valence electrons. The van der Waals surface area contributed by atoms with E-state index in [0.29, 0.717) is 18.5 Å². The van der Waals surface area contributed by atoms with E-state index in [1.165, 1.54) is 18.5 Å². The van der Waals surface area contributed by atoms with Crippen LogP contribution >= 0.6 is 0 Å². The van der Waals surface area contributed by atoms with Gasteiger partial charge in [0.25, 0.3) is 0 Å². The van der Waals surface area contributed by atoms with Crippen molar-refractivity contribution in [3.8, 4) is 0 Å². The van der Waals surface area contributed by atoms with Gasteiger partial charge >= 0.3 is 0 Å². The molecule has 0 aliphatic carbocycles. The predicted molar refractivity (Wildman–Crippen MR) is 98.1 cm³/mol. The van der Waals surface area contributed by atoms with Gasteiger partial charge in [-0.05, 0) is 56.9 Å². The Hall–Kier alpha value is -1.55. The van der Waals surface area contributed by atoms with Crippen molar-refractivity contribution in [3.63, 3.8) is 0 Å². The third-order valence-corrected chi connectivity index (χ3v) is 4.30. The van der Waals surface area contributed by atoms with Crippen LogP contribution in [0.3, 0.4) is 0 Å². The molecule has 1 N–H and O–H groups in total. The van der Waals surface area contributed by atoms with E-state index in [1.807, 2.05) is 12.1 Å². The SMILES string of the molecule is CC(C)CN(CC(=O)Nc1ccc(N2CCCC2)cc1)C(C)C. The minimum atomic E-state index is 0.0632. The fourth-order valence-corrected chi connectivity index (χ4v) is 3.04. The minimum Gasteiger partial charge on any atom is -0.372 e. The van der Waals surface area contributed by atoms with Crippen LogP contribution in [-0.2, 0) is 4.79 Å². The predicted octanol–water partition coefficient (Wildman–Crippen LogP) is 3.59. The number of rotatable bonds is 7. The number of hydrogen-bond donors (Lipinski definition) is 1. The lowest BCUT2D eigenvalue weighted by molar-refractivity contribution is -0.117. The van der Waals surface area contributed by atoms with Crippen molar-refractivity contribution >= 4 is 17.3 Å². The fourth-order valence-electron chi connectivity index (χ4n) is 3.04. The third-order valence-electron chi connectivity index (χ3n) is 4.30. The molecule has 2 rings (SSSR count). The summed E-state index contributed by atoms with van der Waals surface area (Å²) in [4.78, 5) is 16.9. The molecule has 0 radical (unpaired) electrons. The topological polar surface area (TPSA) is 35.6 Å². The third kappa shape index (κ3) is 5.54. The van der Waals surface area contributed by atoms with Crippen molar-refractivity contribution < 1.29 is 4.79 Å². The van der Waals surface area contributed by atoms with Gasteiger partial charge in [-0.2, -0.15) is 0 Å². The number of nitrogens with one attached hydrogen (secondary N) is 1. The van der Waals surface area contributed by atoms with Crippen LogP contribution in [0, 0.1) is 5.92 Å². The molecule has 1 aromatic rings. The first kappa shape index (κ1) is 17.8. The summed E-state index contributed by atoms with van der Waals surface area (Å²) < 4.78 is 0. The summed E-state index contributed by atoms with van der Waals surface area (Å²) in [5, 5.41) is 3.02. The van der Waals surface area contributed by atoms with Gasteiger partial charge in [-0.1, -0.05) is 13.8 Å². The molecule has 1 aliphatic heterocycles. The zero-order valence-electron chi connectivity index (χ0n) is 15.0. The highest BCUT2D eigenvalue weighted by Gasteiger charge is 2.16. The van der Waals surface area contributed by atoms with Gasteiger partial charge in [0.2, 0.25) is 5.91 Å².